The van der Waals surface area contributed by atoms with E-state index in [1.165, 1.54) is 6.07 Å². The largest absolute Gasteiger partial charge is 0.493 e. The second-order valence-corrected chi connectivity index (χ2v) is 4.40. The molecule has 0 fully saturated rings. The van der Waals surface area contributed by atoms with Crippen molar-refractivity contribution in [2.24, 2.45) is 0 Å². The van der Waals surface area contributed by atoms with Crippen LogP contribution in [0, 0.1) is 5.82 Å². The molecule has 0 saturated heterocycles. The summed E-state index contributed by atoms with van der Waals surface area (Å²) >= 11 is 0. The van der Waals surface area contributed by atoms with Gasteiger partial charge in [-0.25, -0.2) is 4.39 Å². The van der Waals surface area contributed by atoms with Crippen LogP contribution in [0.1, 0.15) is 11.1 Å². The normalized spacial score (nSPS) is 9.86. The summed E-state index contributed by atoms with van der Waals surface area (Å²) in [6, 6.07) is 12.3. The Balaban J connectivity index is 0.00000220. The van der Waals surface area contributed by atoms with Crippen LogP contribution in [0.3, 0.4) is 0 Å². The third-order valence-electron chi connectivity index (χ3n) is 2.95. The van der Waals surface area contributed by atoms with Gasteiger partial charge in [0.1, 0.15) is 12.4 Å². The van der Waals surface area contributed by atoms with Crippen molar-refractivity contribution in [3.8, 4) is 11.5 Å². The fraction of sp³-hybridized carbons (Fsp3) is 0.250. The quantitative estimate of drug-likeness (QED) is 0.885. The number of nitrogens with one attached hydrogen (secondary N) is 1. The molecule has 0 spiro atoms. The van der Waals surface area contributed by atoms with Crippen LogP contribution in [-0.4, -0.2) is 14.2 Å². The average molecular weight is 312 g/mol. The van der Waals surface area contributed by atoms with Crippen LogP contribution in [0.25, 0.3) is 0 Å². The molecule has 0 saturated carbocycles. The second kappa shape index (κ2) is 8.49. The van der Waals surface area contributed by atoms with Crippen molar-refractivity contribution >= 4 is 12.4 Å². The van der Waals surface area contributed by atoms with Gasteiger partial charge in [0.2, 0.25) is 0 Å². The van der Waals surface area contributed by atoms with E-state index in [4.69, 9.17) is 9.47 Å². The Morgan fingerprint density at radius 2 is 1.86 bits per heavy atom. The molecule has 0 unspecified atom stereocenters. The lowest BCUT2D eigenvalue weighted by molar-refractivity contribution is 0.279. The van der Waals surface area contributed by atoms with E-state index in [1.807, 2.05) is 25.2 Å². The molecular weight excluding hydrogens is 293 g/mol. The van der Waals surface area contributed by atoms with E-state index >= 15 is 0 Å². The molecule has 0 amide bonds. The summed E-state index contributed by atoms with van der Waals surface area (Å²) in [5.41, 5.74) is 1.62. The molecule has 0 aliphatic heterocycles. The lowest BCUT2D eigenvalue weighted by Gasteiger charge is -2.12. The lowest BCUT2D eigenvalue weighted by atomic mass is 10.2. The van der Waals surface area contributed by atoms with E-state index in [-0.39, 0.29) is 24.8 Å². The Hall–Kier alpha value is -1.78. The molecule has 2 aromatic rings. The summed E-state index contributed by atoms with van der Waals surface area (Å²) in [5, 5.41) is 3.07. The molecule has 0 radical (unpaired) electrons. The first-order valence-corrected chi connectivity index (χ1v) is 6.42. The number of rotatable bonds is 6. The standard InChI is InChI=1S/C16H18FNO2.ClH/c1-18-10-12-7-8-15(16(9-12)19-2)20-11-13-5-3-4-6-14(13)17;/h3-9,18H,10-11H2,1-2H3;1H. The summed E-state index contributed by atoms with van der Waals surface area (Å²) in [7, 11) is 3.48. The minimum atomic E-state index is -0.265. The van der Waals surface area contributed by atoms with E-state index < -0.39 is 0 Å². The molecule has 114 valence electrons. The first-order chi connectivity index (χ1) is 9.74. The molecule has 0 aliphatic carbocycles. The van der Waals surface area contributed by atoms with Gasteiger partial charge >= 0.3 is 0 Å². The van der Waals surface area contributed by atoms with E-state index in [0.717, 1.165) is 12.1 Å². The summed E-state index contributed by atoms with van der Waals surface area (Å²) in [6.45, 7) is 0.929. The number of halogens is 2. The van der Waals surface area contributed by atoms with Crippen LogP contribution in [0.15, 0.2) is 42.5 Å². The van der Waals surface area contributed by atoms with Crippen molar-refractivity contribution in [2.45, 2.75) is 13.2 Å². The third kappa shape index (κ3) is 4.62. The van der Waals surface area contributed by atoms with Gasteiger partial charge in [-0.15, -0.1) is 12.4 Å². The summed E-state index contributed by atoms with van der Waals surface area (Å²) in [4.78, 5) is 0. The number of hydrogen-bond donors (Lipinski definition) is 1. The van der Waals surface area contributed by atoms with E-state index in [9.17, 15) is 4.39 Å². The van der Waals surface area contributed by atoms with Crippen LogP contribution >= 0.6 is 12.4 Å². The maximum absolute atomic E-state index is 13.5. The molecule has 0 aliphatic rings. The molecule has 5 heteroatoms. The average Bonchev–Trinajstić information content (AvgIpc) is 2.47. The smallest absolute Gasteiger partial charge is 0.161 e. The number of benzene rings is 2. The molecule has 2 rings (SSSR count). The molecule has 0 bridgehead atoms. The molecule has 3 nitrogen and oxygen atoms in total. The maximum Gasteiger partial charge on any atom is 0.161 e. The molecule has 0 heterocycles. The lowest BCUT2D eigenvalue weighted by Crippen LogP contribution is -2.06. The fourth-order valence-electron chi connectivity index (χ4n) is 1.92. The Bertz CT molecular complexity index is 578. The van der Waals surface area contributed by atoms with Gasteiger partial charge < -0.3 is 14.8 Å². The molecule has 1 N–H and O–H groups in total. The van der Waals surface area contributed by atoms with Crippen LogP contribution < -0.4 is 14.8 Å². The number of methoxy groups -OCH3 is 1. The SMILES string of the molecule is CNCc1ccc(OCc2ccccc2F)c(OC)c1.Cl. The Labute approximate surface area is 130 Å². The van der Waals surface area contributed by atoms with Gasteiger partial charge in [0.15, 0.2) is 11.5 Å². The van der Waals surface area contributed by atoms with Gasteiger partial charge in [-0.2, -0.15) is 0 Å². The van der Waals surface area contributed by atoms with Crippen molar-refractivity contribution < 1.29 is 13.9 Å². The van der Waals surface area contributed by atoms with Gasteiger partial charge in [-0.05, 0) is 30.8 Å². The highest BCUT2D eigenvalue weighted by atomic mass is 35.5. The maximum atomic E-state index is 13.5. The Morgan fingerprint density at radius 1 is 1.10 bits per heavy atom. The minimum Gasteiger partial charge on any atom is -0.493 e. The predicted molar refractivity (Wildman–Crippen MR) is 83.7 cm³/mol. The zero-order chi connectivity index (χ0) is 14.4. The van der Waals surface area contributed by atoms with Crippen LogP contribution in [0.5, 0.6) is 11.5 Å². The molecule has 2 aromatic carbocycles. The highest BCUT2D eigenvalue weighted by Crippen LogP contribution is 2.29. The monoisotopic (exact) mass is 311 g/mol. The van der Waals surface area contributed by atoms with E-state index in [1.54, 1.807) is 25.3 Å². The van der Waals surface area contributed by atoms with Gasteiger partial charge in [0.25, 0.3) is 0 Å². The van der Waals surface area contributed by atoms with Crippen LogP contribution in [0.4, 0.5) is 4.39 Å². The van der Waals surface area contributed by atoms with Crippen LogP contribution in [0.2, 0.25) is 0 Å². The van der Waals surface area contributed by atoms with Crippen molar-refractivity contribution in [1.29, 1.82) is 0 Å². The van der Waals surface area contributed by atoms with Crippen LogP contribution in [-0.2, 0) is 13.2 Å². The molecular formula is C16H19ClFNO2. The van der Waals surface area contributed by atoms with Crippen molar-refractivity contribution in [1.82, 2.24) is 5.32 Å². The van der Waals surface area contributed by atoms with E-state index in [2.05, 4.69) is 5.32 Å². The zero-order valence-electron chi connectivity index (χ0n) is 12.1. The predicted octanol–water partition coefficient (Wildman–Crippen LogP) is 3.55. The van der Waals surface area contributed by atoms with Crippen molar-refractivity contribution in [3.05, 3.63) is 59.4 Å². The fourth-order valence-corrected chi connectivity index (χ4v) is 1.92. The van der Waals surface area contributed by atoms with Crippen molar-refractivity contribution in [2.75, 3.05) is 14.2 Å². The van der Waals surface area contributed by atoms with Crippen molar-refractivity contribution in [3.63, 3.8) is 0 Å². The molecule has 0 aromatic heterocycles. The number of ether oxygens (including phenoxy) is 2. The molecule has 21 heavy (non-hydrogen) atoms. The van der Waals surface area contributed by atoms with Gasteiger partial charge in [0.05, 0.1) is 7.11 Å². The summed E-state index contributed by atoms with van der Waals surface area (Å²) < 4.78 is 24.5. The minimum absolute atomic E-state index is 0. The van der Waals surface area contributed by atoms with Gasteiger partial charge in [0, 0.05) is 12.1 Å². The second-order valence-electron chi connectivity index (χ2n) is 4.40. The number of hydrogen-bond acceptors (Lipinski definition) is 3. The molecule has 0 atom stereocenters. The highest BCUT2D eigenvalue weighted by molar-refractivity contribution is 5.85. The first-order valence-electron chi connectivity index (χ1n) is 6.42. The summed E-state index contributed by atoms with van der Waals surface area (Å²) in [6.07, 6.45) is 0. The van der Waals surface area contributed by atoms with Gasteiger partial charge in [-0.3, -0.25) is 0 Å². The Kier molecular flexibility index (Phi) is 6.99. The zero-order valence-corrected chi connectivity index (χ0v) is 12.9. The highest BCUT2D eigenvalue weighted by Gasteiger charge is 2.07. The topological polar surface area (TPSA) is 30.5 Å². The third-order valence-corrected chi connectivity index (χ3v) is 2.95. The first kappa shape index (κ1) is 17.3. The summed E-state index contributed by atoms with van der Waals surface area (Å²) in [5.74, 6) is 0.989. The Morgan fingerprint density at radius 3 is 2.52 bits per heavy atom. The van der Waals surface area contributed by atoms with Gasteiger partial charge in [-0.1, -0.05) is 24.3 Å². The van der Waals surface area contributed by atoms with E-state index in [0.29, 0.717) is 17.1 Å².